The molecule has 3 rings (SSSR count). The third-order valence-corrected chi connectivity index (χ3v) is 3.88. The quantitative estimate of drug-likeness (QED) is 0.867. The van der Waals surface area contributed by atoms with Crippen molar-refractivity contribution in [2.75, 3.05) is 6.61 Å². The molecule has 1 amide bonds. The van der Waals surface area contributed by atoms with Crippen molar-refractivity contribution < 1.29 is 18.3 Å². The highest BCUT2D eigenvalue weighted by molar-refractivity contribution is 5.91. The zero-order valence-electron chi connectivity index (χ0n) is 13.2. The van der Waals surface area contributed by atoms with E-state index in [1.807, 2.05) is 25.1 Å². The number of benzene rings is 2. The van der Waals surface area contributed by atoms with Crippen LogP contribution >= 0.6 is 0 Å². The molecule has 1 N–H and O–H groups in total. The van der Waals surface area contributed by atoms with Crippen molar-refractivity contribution in [1.29, 1.82) is 0 Å². The maximum absolute atomic E-state index is 13.1. The molecule has 1 atom stereocenters. The Balaban J connectivity index is 1.64. The Morgan fingerprint density at radius 2 is 1.96 bits per heavy atom. The van der Waals surface area contributed by atoms with Crippen LogP contribution in [-0.4, -0.2) is 12.5 Å². The van der Waals surface area contributed by atoms with Crippen LogP contribution in [0.4, 0.5) is 8.78 Å². The van der Waals surface area contributed by atoms with Crippen LogP contribution in [0.1, 0.15) is 29.7 Å². The van der Waals surface area contributed by atoms with Crippen LogP contribution in [0.3, 0.4) is 0 Å². The number of amides is 1. The van der Waals surface area contributed by atoms with Crippen molar-refractivity contribution >= 4 is 12.0 Å². The van der Waals surface area contributed by atoms with E-state index in [2.05, 4.69) is 5.32 Å². The van der Waals surface area contributed by atoms with Crippen molar-refractivity contribution in [3.8, 4) is 5.75 Å². The molecule has 0 spiro atoms. The molecule has 2 aromatic carbocycles. The SMILES string of the molecule is C[C@H](NC(=O)C=Cc1cc(F)cc(F)c1)c1ccc2c(c1)CCO2. The molecule has 0 radical (unpaired) electrons. The first-order chi connectivity index (χ1) is 11.5. The third kappa shape index (κ3) is 3.79. The second-order valence-corrected chi connectivity index (χ2v) is 5.73. The molecule has 0 aromatic heterocycles. The average molecular weight is 329 g/mol. The summed E-state index contributed by atoms with van der Waals surface area (Å²) in [5.74, 6) is -0.790. The Kier molecular flexibility index (Phi) is 4.60. The van der Waals surface area contributed by atoms with Gasteiger partial charge in [-0.3, -0.25) is 4.79 Å². The minimum Gasteiger partial charge on any atom is -0.493 e. The van der Waals surface area contributed by atoms with Crippen molar-refractivity contribution in [2.45, 2.75) is 19.4 Å². The van der Waals surface area contributed by atoms with Crippen LogP contribution < -0.4 is 10.1 Å². The first-order valence-electron chi connectivity index (χ1n) is 7.71. The normalized spacial score (nSPS) is 14.3. The number of carbonyl (C=O) groups is 1. The van der Waals surface area contributed by atoms with E-state index in [1.165, 1.54) is 12.2 Å². The lowest BCUT2D eigenvalue weighted by Crippen LogP contribution is -2.24. The molecule has 5 heteroatoms. The molecule has 0 aliphatic carbocycles. The predicted octanol–water partition coefficient (Wildman–Crippen LogP) is 3.79. The molecule has 3 nitrogen and oxygen atoms in total. The van der Waals surface area contributed by atoms with Crippen LogP contribution in [0.25, 0.3) is 6.08 Å². The molecule has 1 aliphatic rings. The Bertz CT molecular complexity index is 782. The van der Waals surface area contributed by atoms with Gasteiger partial charge in [-0.15, -0.1) is 0 Å². The summed E-state index contributed by atoms with van der Waals surface area (Å²) in [6, 6.07) is 8.79. The van der Waals surface area contributed by atoms with Gasteiger partial charge in [0.2, 0.25) is 5.91 Å². The van der Waals surface area contributed by atoms with Crippen LogP contribution in [0.2, 0.25) is 0 Å². The van der Waals surface area contributed by atoms with Gasteiger partial charge in [0.05, 0.1) is 12.6 Å². The first kappa shape index (κ1) is 16.2. The van der Waals surface area contributed by atoms with Crippen LogP contribution in [-0.2, 0) is 11.2 Å². The molecule has 0 saturated carbocycles. The molecule has 1 heterocycles. The van der Waals surface area contributed by atoms with E-state index in [1.54, 1.807) is 0 Å². The first-order valence-corrected chi connectivity index (χ1v) is 7.71. The minimum atomic E-state index is -0.677. The molecule has 0 fully saturated rings. The smallest absolute Gasteiger partial charge is 0.244 e. The van der Waals surface area contributed by atoms with E-state index in [0.29, 0.717) is 12.2 Å². The lowest BCUT2D eigenvalue weighted by molar-refractivity contribution is -0.117. The van der Waals surface area contributed by atoms with Gasteiger partial charge in [0.15, 0.2) is 0 Å². The average Bonchev–Trinajstić information content (AvgIpc) is 2.99. The van der Waals surface area contributed by atoms with Gasteiger partial charge in [-0.25, -0.2) is 8.78 Å². The minimum absolute atomic E-state index is 0.183. The number of fused-ring (bicyclic) bond motifs is 1. The molecular formula is C19H17F2NO2. The van der Waals surface area contributed by atoms with Gasteiger partial charge in [0, 0.05) is 18.6 Å². The zero-order valence-corrected chi connectivity index (χ0v) is 13.2. The summed E-state index contributed by atoms with van der Waals surface area (Å²) in [4.78, 5) is 12.0. The predicted molar refractivity (Wildman–Crippen MR) is 87.6 cm³/mol. The summed E-state index contributed by atoms with van der Waals surface area (Å²) in [5, 5.41) is 2.83. The summed E-state index contributed by atoms with van der Waals surface area (Å²) >= 11 is 0. The molecule has 124 valence electrons. The zero-order chi connectivity index (χ0) is 17.1. The van der Waals surface area contributed by atoms with Gasteiger partial charge < -0.3 is 10.1 Å². The summed E-state index contributed by atoms with van der Waals surface area (Å²) < 4.78 is 31.7. The number of ether oxygens (including phenoxy) is 1. The summed E-state index contributed by atoms with van der Waals surface area (Å²) in [6.45, 7) is 2.57. The molecule has 2 aromatic rings. The number of nitrogens with one attached hydrogen (secondary N) is 1. The Labute approximate surface area is 139 Å². The van der Waals surface area contributed by atoms with Crippen molar-refractivity contribution in [3.63, 3.8) is 0 Å². The number of rotatable bonds is 4. The fourth-order valence-corrected chi connectivity index (χ4v) is 2.66. The van der Waals surface area contributed by atoms with Gasteiger partial charge in [0.25, 0.3) is 0 Å². The van der Waals surface area contributed by atoms with Gasteiger partial charge >= 0.3 is 0 Å². The largest absolute Gasteiger partial charge is 0.493 e. The Hall–Kier alpha value is -2.69. The third-order valence-electron chi connectivity index (χ3n) is 3.88. The standard InChI is InChI=1S/C19H17F2NO2/c1-12(14-3-4-18-15(10-14)6-7-24-18)22-19(23)5-2-13-8-16(20)11-17(21)9-13/h2-5,8-12H,6-7H2,1H3,(H,22,23)/t12-/m0/s1. The lowest BCUT2D eigenvalue weighted by Gasteiger charge is -2.14. The number of hydrogen-bond acceptors (Lipinski definition) is 2. The Morgan fingerprint density at radius 1 is 1.21 bits per heavy atom. The van der Waals surface area contributed by atoms with E-state index in [9.17, 15) is 13.6 Å². The Morgan fingerprint density at radius 3 is 2.71 bits per heavy atom. The molecule has 0 bridgehead atoms. The monoisotopic (exact) mass is 329 g/mol. The van der Waals surface area contributed by atoms with Crippen LogP contribution in [0.5, 0.6) is 5.75 Å². The summed E-state index contributed by atoms with van der Waals surface area (Å²) in [6.07, 6.45) is 3.51. The molecule has 1 aliphatic heterocycles. The van der Waals surface area contributed by atoms with Crippen molar-refractivity contribution in [3.05, 3.63) is 70.8 Å². The van der Waals surface area contributed by atoms with E-state index in [0.717, 1.165) is 41.5 Å². The topological polar surface area (TPSA) is 38.3 Å². The number of carbonyl (C=O) groups excluding carboxylic acids is 1. The molecule has 0 saturated heterocycles. The van der Waals surface area contributed by atoms with Gasteiger partial charge in [0.1, 0.15) is 17.4 Å². The molecule has 0 unspecified atom stereocenters. The second kappa shape index (κ2) is 6.83. The van der Waals surface area contributed by atoms with E-state index < -0.39 is 11.6 Å². The highest BCUT2D eigenvalue weighted by atomic mass is 19.1. The van der Waals surface area contributed by atoms with E-state index in [4.69, 9.17) is 4.74 Å². The van der Waals surface area contributed by atoms with Crippen molar-refractivity contribution in [1.82, 2.24) is 5.32 Å². The van der Waals surface area contributed by atoms with E-state index in [-0.39, 0.29) is 11.9 Å². The van der Waals surface area contributed by atoms with Gasteiger partial charge in [-0.1, -0.05) is 6.07 Å². The van der Waals surface area contributed by atoms with Gasteiger partial charge in [-0.2, -0.15) is 0 Å². The fraction of sp³-hybridized carbons (Fsp3) is 0.211. The number of halogens is 2. The van der Waals surface area contributed by atoms with Crippen LogP contribution in [0.15, 0.2) is 42.5 Å². The molecule has 24 heavy (non-hydrogen) atoms. The molecular weight excluding hydrogens is 312 g/mol. The highest BCUT2D eigenvalue weighted by Crippen LogP contribution is 2.28. The summed E-state index contributed by atoms with van der Waals surface area (Å²) in [5.41, 5.74) is 2.42. The maximum Gasteiger partial charge on any atom is 0.244 e. The van der Waals surface area contributed by atoms with E-state index >= 15 is 0 Å². The van der Waals surface area contributed by atoms with Gasteiger partial charge in [-0.05, 0) is 54.0 Å². The van der Waals surface area contributed by atoms with Crippen LogP contribution in [0, 0.1) is 11.6 Å². The lowest BCUT2D eigenvalue weighted by atomic mass is 10.0. The number of hydrogen-bond donors (Lipinski definition) is 1. The summed E-state index contributed by atoms with van der Waals surface area (Å²) in [7, 11) is 0. The second-order valence-electron chi connectivity index (χ2n) is 5.73. The highest BCUT2D eigenvalue weighted by Gasteiger charge is 2.15. The fourth-order valence-electron chi connectivity index (χ4n) is 2.66. The van der Waals surface area contributed by atoms with Crippen molar-refractivity contribution in [2.24, 2.45) is 0 Å². The maximum atomic E-state index is 13.1.